The molecule has 1 aromatic carbocycles. The summed E-state index contributed by atoms with van der Waals surface area (Å²) in [6.07, 6.45) is 2.83. The van der Waals surface area contributed by atoms with Crippen molar-refractivity contribution in [1.82, 2.24) is 0 Å². The van der Waals surface area contributed by atoms with E-state index in [-0.39, 0.29) is 17.9 Å². The van der Waals surface area contributed by atoms with Crippen molar-refractivity contribution in [2.24, 2.45) is 5.92 Å². The maximum absolute atomic E-state index is 11.8. The van der Waals surface area contributed by atoms with Crippen LogP contribution < -0.4 is 0 Å². The zero-order valence-corrected chi connectivity index (χ0v) is 13.9. The van der Waals surface area contributed by atoms with Gasteiger partial charge in [-0.2, -0.15) is 0 Å². The molecule has 1 heterocycles. The van der Waals surface area contributed by atoms with E-state index in [1.807, 2.05) is 26.8 Å². The lowest BCUT2D eigenvalue weighted by molar-refractivity contribution is -0.141. The van der Waals surface area contributed by atoms with Gasteiger partial charge in [0.15, 0.2) is 0 Å². The fourth-order valence-corrected chi connectivity index (χ4v) is 2.90. The zero-order chi connectivity index (χ0) is 17.3. The number of hydrogen-bond acceptors (Lipinski definition) is 4. The van der Waals surface area contributed by atoms with Crippen LogP contribution in [0.1, 0.15) is 52.9 Å². The van der Waals surface area contributed by atoms with Crippen LogP contribution in [0.3, 0.4) is 0 Å². The third-order valence-corrected chi connectivity index (χ3v) is 4.55. The minimum absolute atomic E-state index is 0.0130. The molecular formula is C18H22O5. The summed E-state index contributed by atoms with van der Waals surface area (Å²) >= 11 is 0. The number of carboxylic acids is 1. The van der Waals surface area contributed by atoms with E-state index in [0.717, 1.165) is 22.3 Å². The van der Waals surface area contributed by atoms with Gasteiger partial charge in [0.2, 0.25) is 0 Å². The Morgan fingerprint density at radius 2 is 2.00 bits per heavy atom. The van der Waals surface area contributed by atoms with E-state index in [0.29, 0.717) is 18.4 Å². The van der Waals surface area contributed by atoms with Crippen LogP contribution in [0.15, 0.2) is 11.6 Å². The van der Waals surface area contributed by atoms with Gasteiger partial charge in [-0.15, -0.1) is 0 Å². The van der Waals surface area contributed by atoms with Crippen LogP contribution in [0.4, 0.5) is 0 Å². The second kappa shape index (κ2) is 6.44. The molecule has 0 unspecified atom stereocenters. The number of hydrogen-bond donors (Lipinski definition) is 2. The number of aliphatic carboxylic acids is 1. The van der Waals surface area contributed by atoms with Crippen molar-refractivity contribution in [3.63, 3.8) is 0 Å². The topological polar surface area (TPSA) is 83.8 Å². The van der Waals surface area contributed by atoms with Crippen LogP contribution in [-0.4, -0.2) is 22.2 Å². The predicted molar refractivity (Wildman–Crippen MR) is 85.6 cm³/mol. The van der Waals surface area contributed by atoms with E-state index >= 15 is 0 Å². The van der Waals surface area contributed by atoms with Gasteiger partial charge in [0.05, 0.1) is 5.92 Å². The molecule has 5 nitrogen and oxygen atoms in total. The molecule has 2 N–H and O–H groups in total. The maximum atomic E-state index is 11.8. The van der Waals surface area contributed by atoms with Gasteiger partial charge in [-0.25, -0.2) is 4.79 Å². The molecule has 1 atom stereocenters. The fourth-order valence-electron chi connectivity index (χ4n) is 2.90. The standard InChI is InChI=1S/C18H22O5/c1-9(7-10(2)17(20)21)5-6-13-11(3)12(4)14-8-23-18(22)15(14)16(13)19/h5,10,19H,6-8H2,1-4H3,(H,20,21)/b9-5+/t10-/m0/s1. The number of allylic oxidation sites excluding steroid dienone is 2. The molecule has 0 spiro atoms. The third kappa shape index (κ3) is 3.23. The highest BCUT2D eigenvalue weighted by Gasteiger charge is 2.30. The molecule has 0 aromatic heterocycles. The quantitative estimate of drug-likeness (QED) is 0.643. The second-order valence-corrected chi connectivity index (χ2v) is 6.20. The van der Waals surface area contributed by atoms with Crippen molar-refractivity contribution in [1.29, 1.82) is 0 Å². The molecule has 2 rings (SSSR count). The molecule has 1 aliphatic heterocycles. The van der Waals surface area contributed by atoms with E-state index in [4.69, 9.17) is 9.84 Å². The number of aromatic hydroxyl groups is 1. The Morgan fingerprint density at radius 1 is 1.35 bits per heavy atom. The van der Waals surface area contributed by atoms with Gasteiger partial charge in [0.1, 0.15) is 17.9 Å². The van der Waals surface area contributed by atoms with Crippen LogP contribution in [0.25, 0.3) is 0 Å². The number of esters is 1. The number of rotatable bonds is 5. The lowest BCUT2D eigenvalue weighted by atomic mass is 9.90. The molecular weight excluding hydrogens is 296 g/mol. The van der Waals surface area contributed by atoms with Crippen LogP contribution in [0, 0.1) is 19.8 Å². The van der Waals surface area contributed by atoms with Crippen molar-refractivity contribution in [2.75, 3.05) is 0 Å². The highest BCUT2D eigenvalue weighted by atomic mass is 16.5. The average Bonchev–Trinajstić information content (AvgIpc) is 2.86. The summed E-state index contributed by atoms with van der Waals surface area (Å²) in [5.41, 5.74) is 4.57. The van der Waals surface area contributed by atoms with Crippen LogP contribution >= 0.6 is 0 Å². The molecule has 1 aliphatic rings. The number of phenolic OH excluding ortho intramolecular Hbond substituents is 1. The Labute approximate surface area is 135 Å². The molecule has 0 radical (unpaired) electrons. The van der Waals surface area contributed by atoms with Crippen molar-refractivity contribution in [3.05, 3.63) is 39.5 Å². The van der Waals surface area contributed by atoms with Crippen molar-refractivity contribution in [2.45, 2.75) is 47.1 Å². The highest BCUT2D eigenvalue weighted by molar-refractivity contribution is 5.97. The van der Waals surface area contributed by atoms with Gasteiger partial charge < -0.3 is 14.9 Å². The first-order valence-corrected chi connectivity index (χ1v) is 7.63. The average molecular weight is 318 g/mol. The number of carbonyl (C=O) groups excluding carboxylic acids is 1. The first-order valence-electron chi connectivity index (χ1n) is 7.63. The van der Waals surface area contributed by atoms with Crippen molar-refractivity contribution >= 4 is 11.9 Å². The van der Waals surface area contributed by atoms with Gasteiger partial charge >= 0.3 is 11.9 Å². The third-order valence-electron chi connectivity index (χ3n) is 4.55. The SMILES string of the molecule is C/C(=C\Cc1c(C)c(C)c2c(c1O)C(=O)OC2)C[C@H](C)C(=O)O. The van der Waals surface area contributed by atoms with E-state index in [2.05, 4.69) is 0 Å². The van der Waals surface area contributed by atoms with E-state index in [1.54, 1.807) is 6.92 Å². The fraction of sp³-hybridized carbons (Fsp3) is 0.444. The zero-order valence-electron chi connectivity index (χ0n) is 13.9. The molecule has 23 heavy (non-hydrogen) atoms. The molecule has 0 fully saturated rings. The van der Waals surface area contributed by atoms with Gasteiger partial charge in [-0.05, 0) is 44.7 Å². The first-order chi connectivity index (χ1) is 10.7. The van der Waals surface area contributed by atoms with E-state index in [9.17, 15) is 14.7 Å². The first kappa shape index (κ1) is 17.1. The summed E-state index contributed by atoms with van der Waals surface area (Å²) < 4.78 is 5.02. The summed E-state index contributed by atoms with van der Waals surface area (Å²) in [6, 6.07) is 0. The number of phenols is 1. The maximum Gasteiger partial charge on any atom is 0.342 e. The van der Waals surface area contributed by atoms with Crippen LogP contribution in [0.5, 0.6) is 5.75 Å². The largest absolute Gasteiger partial charge is 0.507 e. The highest BCUT2D eigenvalue weighted by Crippen LogP contribution is 2.37. The van der Waals surface area contributed by atoms with E-state index in [1.165, 1.54) is 0 Å². The van der Waals surface area contributed by atoms with Gasteiger partial charge in [-0.1, -0.05) is 18.6 Å². The lowest BCUT2D eigenvalue weighted by Gasteiger charge is -2.14. The summed E-state index contributed by atoms with van der Waals surface area (Å²) in [5.74, 6) is -1.77. The molecule has 0 saturated heterocycles. The van der Waals surface area contributed by atoms with Crippen LogP contribution in [-0.2, 0) is 22.6 Å². The molecule has 1 aromatic rings. The number of benzene rings is 1. The number of ether oxygens (including phenoxy) is 1. The Morgan fingerprint density at radius 3 is 2.61 bits per heavy atom. The van der Waals surface area contributed by atoms with Crippen LogP contribution in [0.2, 0.25) is 0 Å². The van der Waals surface area contributed by atoms with Crippen molar-refractivity contribution < 1.29 is 24.5 Å². The predicted octanol–water partition coefficient (Wildman–Crippen LogP) is 3.28. The minimum atomic E-state index is -0.826. The van der Waals surface area contributed by atoms with Crippen molar-refractivity contribution in [3.8, 4) is 5.75 Å². The molecule has 0 saturated carbocycles. The molecule has 5 heteroatoms. The Balaban J connectivity index is 2.31. The summed E-state index contributed by atoms with van der Waals surface area (Å²) in [6.45, 7) is 7.58. The monoisotopic (exact) mass is 318 g/mol. The van der Waals surface area contributed by atoms with Gasteiger partial charge in [0.25, 0.3) is 0 Å². The molecule has 0 aliphatic carbocycles. The smallest absolute Gasteiger partial charge is 0.342 e. The summed E-state index contributed by atoms with van der Waals surface area (Å²) in [5, 5.41) is 19.4. The Bertz CT molecular complexity index is 700. The summed E-state index contributed by atoms with van der Waals surface area (Å²) in [4.78, 5) is 22.7. The normalized spacial score (nSPS) is 15.3. The number of carbonyl (C=O) groups is 2. The number of cyclic esters (lactones) is 1. The molecule has 0 amide bonds. The second-order valence-electron chi connectivity index (χ2n) is 6.20. The Kier molecular flexibility index (Phi) is 4.78. The van der Waals surface area contributed by atoms with Gasteiger partial charge in [0, 0.05) is 11.1 Å². The Hall–Kier alpha value is -2.30. The number of fused-ring (bicyclic) bond motifs is 1. The van der Waals surface area contributed by atoms with E-state index < -0.39 is 17.9 Å². The minimum Gasteiger partial charge on any atom is -0.507 e. The molecule has 0 bridgehead atoms. The number of carboxylic acid groups (broad SMARTS) is 1. The summed E-state index contributed by atoms with van der Waals surface area (Å²) in [7, 11) is 0. The molecule has 124 valence electrons. The lowest BCUT2D eigenvalue weighted by Crippen LogP contribution is -2.09. The van der Waals surface area contributed by atoms with Gasteiger partial charge in [-0.3, -0.25) is 4.79 Å².